The first-order valence-corrected chi connectivity index (χ1v) is 5.08. The summed E-state index contributed by atoms with van der Waals surface area (Å²) in [6, 6.07) is 0.303. The maximum Gasteiger partial charge on any atom is 0.255 e. The van der Waals surface area contributed by atoms with Crippen LogP contribution in [0.1, 0.15) is 46.0 Å². The van der Waals surface area contributed by atoms with Crippen LogP contribution in [-0.4, -0.2) is 18.0 Å². The number of hydrogen-bond acceptors (Lipinski definition) is 1. The van der Waals surface area contributed by atoms with E-state index in [0.29, 0.717) is 6.04 Å². The van der Waals surface area contributed by atoms with E-state index in [2.05, 4.69) is 5.32 Å². The van der Waals surface area contributed by atoms with Crippen LogP contribution in [0, 0.1) is 0 Å². The van der Waals surface area contributed by atoms with Gasteiger partial charge in [-0.15, -0.1) is 0 Å². The zero-order valence-corrected chi connectivity index (χ0v) is 8.45. The van der Waals surface area contributed by atoms with E-state index in [9.17, 15) is 8.78 Å². The van der Waals surface area contributed by atoms with E-state index in [4.69, 9.17) is 0 Å². The number of halogens is 2. The average Bonchev–Trinajstić information content (AvgIpc) is 2.05. The molecule has 0 aliphatic heterocycles. The van der Waals surface area contributed by atoms with E-state index in [-0.39, 0.29) is 0 Å². The van der Waals surface area contributed by atoms with Crippen LogP contribution in [0.15, 0.2) is 0 Å². The van der Waals surface area contributed by atoms with E-state index in [1.807, 2.05) is 0 Å². The molecule has 13 heavy (non-hydrogen) atoms. The number of rotatable bonds is 3. The highest BCUT2D eigenvalue weighted by molar-refractivity contribution is 4.85. The quantitative estimate of drug-likeness (QED) is 0.723. The first-order valence-electron chi connectivity index (χ1n) is 5.08. The molecule has 0 aromatic carbocycles. The van der Waals surface area contributed by atoms with Crippen LogP contribution in [0.25, 0.3) is 0 Å². The molecule has 0 atom stereocenters. The van der Waals surface area contributed by atoms with Crippen LogP contribution in [0.5, 0.6) is 0 Å². The fourth-order valence-electron chi connectivity index (χ4n) is 1.84. The molecule has 1 fully saturated rings. The number of nitrogens with one attached hydrogen (secondary N) is 1. The summed E-state index contributed by atoms with van der Waals surface area (Å²) < 4.78 is 25.0. The van der Waals surface area contributed by atoms with Crippen LogP contribution < -0.4 is 5.32 Å². The van der Waals surface area contributed by atoms with Gasteiger partial charge in [0.15, 0.2) is 0 Å². The van der Waals surface area contributed by atoms with Crippen molar-refractivity contribution in [3.8, 4) is 0 Å². The Bertz CT molecular complexity index is 151. The molecule has 0 spiro atoms. The normalized spacial score (nSPS) is 21.0. The van der Waals surface area contributed by atoms with Gasteiger partial charge in [-0.25, -0.2) is 8.78 Å². The van der Waals surface area contributed by atoms with Gasteiger partial charge in [0, 0.05) is 6.04 Å². The minimum atomic E-state index is -2.28. The van der Waals surface area contributed by atoms with Gasteiger partial charge in [-0.2, -0.15) is 0 Å². The molecule has 0 aromatic rings. The maximum absolute atomic E-state index is 12.5. The molecule has 0 saturated heterocycles. The summed E-state index contributed by atoms with van der Waals surface area (Å²) in [4.78, 5) is 0. The molecule has 0 aromatic heterocycles. The molecule has 78 valence electrons. The zero-order chi connectivity index (χ0) is 9.90. The molecule has 0 unspecified atom stereocenters. The summed E-state index contributed by atoms with van der Waals surface area (Å²) >= 11 is 0. The van der Waals surface area contributed by atoms with Gasteiger partial charge in [-0.05, 0) is 26.7 Å². The van der Waals surface area contributed by atoms with Gasteiger partial charge in [0.05, 0.1) is 5.54 Å². The highest BCUT2D eigenvalue weighted by Crippen LogP contribution is 2.22. The van der Waals surface area contributed by atoms with Gasteiger partial charge in [-0.1, -0.05) is 19.3 Å². The molecule has 1 rings (SSSR count). The lowest BCUT2D eigenvalue weighted by Gasteiger charge is -2.33. The Labute approximate surface area is 78.9 Å². The van der Waals surface area contributed by atoms with E-state index in [0.717, 1.165) is 12.8 Å². The molecule has 0 bridgehead atoms. The summed E-state index contributed by atoms with van der Waals surface area (Å²) in [5.74, 6) is 0. The van der Waals surface area contributed by atoms with Crippen molar-refractivity contribution in [2.24, 2.45) is 0 Å². The Hall–Kier alpha value is -0.180. The van der Waals surface area contributed by atoms with Gasteiger partial charge >= 0.3 is 0 Å². The predicted octanol–water partition coefficient (Wildman–Crippen LogP) is 2.95. The van der Waals surface area contributed by atoms with Crippen LogP contribution in [0.3, 0.4) is 0 Å². The Morgan fingerprint density at radius 2 is 1.69 bits per heavy atom. The highest BCUT2D eigenvalue weighted by atomic mass is 19.3. The van der Waals surface area contributed by atoms with Crippen molar-refractivity contribution in [1.82, 2.24) is 5.32 Å². The van der Waals surface area contributed by atoms with Crippen molar-refractivity contribution in [3.05, 3.63) is 0 Å². The van der Waals surface area contributed by atoms with Crippen molar-refractivity contribution in [3.63, 3.8) is 0 Å². The summed E-state index contributed by atoms with van der Waals surface area (Å²) in [5.41, 5.74) is -1.03. The van der Waals surface area contributed by atoms with Crippen LogP contribution in [0.2, 0.25) is 0 Å². The minimum absolute atomic E-state index is 0.303. The second-order valence-corrected chi connectivity index (χ2v) is 4.50. The second-order valence-electron chi connectivity index (χ2n) is 4.50. The highest BCUT2D eigenvalue weighted by Gasteiger charge is 2.31. The monoisotopic (exact) mass is 191 g/mol. The van der Waals surface area contributed by atoms with Gasteiger partial charge in [0.2, 0.25) is 0 Å². The molecule has 0 heterocycles. The van der Waals surface area contributed by atoms with E-state index in [1.54, 1.807) is 13.8 Å². The molecule has 1 aliphatic rings. The minimum Gasteiger partial charge on any atom is -0.304 e. The van der Waals surface area contributed by atoms with Crippen molar-refractivity contribution < 1.29 is 8.78 Å². The molecule has 1 nitrogen and oxygen atoms in total. The molecule has 0 radical (unpaired) electrons. The Kier molecular flexibility index (Phi) is 3.65. The van der Waals surface area contributed by atoms with Gasteiger partial charge in [-0.3, -0.25) is 0 Å². The lowest BCUT2D eigenvalue weighted by molar-refractivity contribution is 0.0404. The topological polar surface area (TPSA) is 12.0 Å². The average molecular weight is 191 g/mol. The smallest absolute Gasteiger partial charge is 0.255 e. The van der Waals surface area contributed by atoms with Crippen molar-refractivity contribution in [2.45, 2.75) is 64.0 Å². The predicted molar refractivity (Wildman–Crippen MR) is 50.1 cm³/mol. The Balaban J connectivity index is 2.37. The third kappa shape index (κ3) is 3.22. The SMILES string of the molecule is CC(C)(NC1CCCCC1)C(F)F. The second kappa shape index (κ2) is 4.36. The third-order valence-electron chi connectivity index (χ3n) is 2.73. The van der Waals surface area contributed by atoms with Gasteiger partial charge in [0.1, 0.15) is 0 Å². The summed E-state index contributed by atoms with van der Waals surface area (Å²) in [6.07, 6.45) is 3.43. The lowest BCUT2D eigenvalue weighted by atomic mass is 9.93. The molecular weight excluding hydrogens is 172 g/mol. The first kappa shape index (κ1) is 10.9. The van der Waals surface area contributed by atoms with Crippen molar-refractivity contribution >= 4 is 0 Å². The van der Waals surface area contributed by atoms with Gasteiger partial charge < -0.3 is 5.32 Å². The fraction of sp³-hybridized carbons (Fsp3) is 1.00. The van der Waals surface area contributed by atoms with Crippen molar-refractivity contribution in [2.75, 3.05) is 0 Å². The number of hydrogen-bond donors (Lipinski definition) is 1. The molecule has 0 amide bonds. The molecule has 1 saturated carbocycles. The lowest BCUT2D eigenvalue weighted by Crippen LogP contribution is -2.51. The summed E-state index contributed by atoms with van der Waals surface area (Å²) in [6.45, 7) is 3.15. The van der Waals surface area contributed by atoms with E-state index in [1.165, 1.54) is 19.3 Å². The molecular formula is C10H19F2N. The van der Waals surface area contributed by atoms with Crippen LogP contribution in [0.4, 0.5) is 8.78 Å². The third-order valence-corrected chi connectivity index (χ3v) is 2.73. The largest absolute Gasteiger partial charge is 0.304 e. The van der Waals surface area contributed by atoms with E-state index < -0.39 is 12.0 Å². The van der Waals surface area contributed by atoms with Crippen LogP contribution >= 0.6 is 0 Å². The molecule has 1 aliphatic carbocycles. The van der Waals surface area contributed by atoms with Crippen LogP contribution in [-0.2, 0) is 0 Å². The standard InChI is InChI=1S/C10H19F2N/c1-10(2,9(11)12)13-8-6-4-3-5-7-8/h8-9,13H,3-7H2,1-2H3. The summed E-state index contributed by atoms with van der Waals surface area (Å²) in [7, 11) is 0. The Morgan fingerprint density at radius 3 is 2.15 bits per heavy atom. The van der Waals surface area contributed by atoms with E-state index >= 15 is 0 Å². The fourth-order valence-corrected chi connectivity index (χ4v) is 1.84. The first-order chi connectivity index (χ1) is 6.02. The van der Waals surface area contributed by atoms with Crippen molar-refractivity contribution in [1.29, 1.82) is 0 Å². The molecule has 1 N–H and O–H groups in total. The van der Waals surface area contributed by atoms with Gasteiger partial charge in [0.25, 0.3) is 6.43 Å². The molecule has 3 heteroatoms. The number of alkyl halides is 2. The zero-order valence-electron chi connectivity index (χ0n) is 8.45. The Morgan fingerprint density at radius 1 is 1.15 bits per heavy atom. The summed E-state index contributed by atoms with van der Waals surface area (Å²) in [5, 5.41) is 3.04. The maximum atomic E-state index is 12.5.